The Bertz CT molecular complexity index is 849. The van der Waals surface area contributed by atoms with Crippen LogP contribution in [0.5, 0.6) is 11.5 Å². The number of methoxy groups -OCH3 is 2. The molecule has 0 saturated carbocycles. The first-order chi connectivity index (χ1) is 14.0. The van der Waals surface area contributed by atoms with Crippen LogP contribution in [0.25, 0.3) is 0 Å². The first kappa shape index (κ1) is 21.0. The maximum Gasteiger partial charge on any atom is 0.194 e. The first-order valence-electron chi connectivity index (χ1n) is 10.1. The molecule has 0 amide bonds. The molecule has 3 rings (SSSR count). The number of benzene rings is 2. The zero-order valence-corrected chi connectivity index (χ0v) is 17.7. The second-order valence-corrected chi connectivity index (χ2v) is 7.27. The molecular formula is C23H31N3O3. The van der Waals surface area contributed by atoms with E-state index in [-0.39, 0.29) is 0 Å². The fraction of sp³-hybridized carbons (Fsp3) is 0.435. The Hall–Kier alpha value is -2.73. The highest BCUT2D eigenvalue weighted by Gasteiger charge is 2.22. The monoisotopic (exact) mass is 397 g/mol. The third-order valence-electron chi connectivity index (χ3n) is 5.23. The molecule has 2 aromatic rings. The lowest BCUT2D eigenvalue weighted by Gasteiger charge is -2.32. The number of aryl methyl sites for hydroxylation is 1. The van der Waals surface area contributed by atoms with Crippen molar-refractivity contribution in [1.82, 2.24) is 10.2 Å². The Morgan fingerprint density at radius 1 is 1.14 bits per heavy atom. The number of nitrogens with one attached hydrogen (secondary N) is 1. The average molecular weight is 398 g/mol. The Balaban J connectivity index is 1.75. The molecule has 6 nitrogen and oxygen atoms in total. The summed E-state index contributed by atoms with van der Waals surface area (Å²) in [5, 5.41) is 13.9. The van der Waals surface area contributed by atoms with E-state index in [9.17, 15) is 5.11 Å². The second kappa shape index (κ2) is 9.65. The number of hydrogen-bond donors (Lipinski definition) is 2. The first-order valence-corrected chi connectivity index (χ1v) is 10.1. The summed E-state index contributed by atoms with van der Waals surface area (Å²) in [6, 6.07) is 12.0. The smallest absolute Gasteiger partial charge is 0.194 e. The minimum absolute atomic E-state index is 0.320. The molecular weight excluding hydrogens is 366 g/mol. The summed E-state index contributed by atoms with van der Waals surface area (Å²) in [5.41, 5.74) is 4.54. The number of guanidine groups is 1. The van der Waals surface area contributed by atoms with Crippen molar-refractivity contribution in [1.29, 1.82) is 0 Å². The maximum atomic E-state index is 10.5. The molecule has 0 spiro atoms. The molecule has 1 heterocycles. The number of aliphatic hydroxyl groups excluding tert-OH is 1. The van der Waals surface area contributed by atoms with E-state index in [4.69, 9.17) is 14.5 Å². The minimum Gasteiger partial charge on any atom is -0.493 e. The van der Waals surface area contributed by atoms with Gasteiger partial charge in [0.25, 0.3) is 0 Å². The molecule has 1 unspecified atom stereocenters. The van der Waals surface area contributed by atoms with Gasteiger partial charge in [0.15, 0.2) is 17.5 Å². The normalized spacial score (nSPS) is 14.9. The number of rotatable bonds is 6. The lowest BCUT2D eigenvalue weighted by Crippen LogP contribution is -2.44. The highest BCUT2D eigenvalue weighted by molar-refractivity contribution is 5.80. The van der Waals surface area contributed by atoms with Crippen molar-refractivity contribution in [3.63, 3.8) is 0 Å². The van der Waals surface area contributed by atoms with Crippen molar-refractivity contribution < 1.29 is 14.6 Å². The summed E-state index contributed by atoms with van der Waals surface area (Å²) >= 11 is 0. The van der Waals surface area contributed by atoms with E-state index in [2.05, 4.69) is 23.2 Å². The summed E-state index contributed by atoms with van der Waals surface area (Å²) in [5.74, 6) is 2.32. The highest BCUT2D eigenvalue weighted by Crippen LogP contribution is 2.33. The van der Waals surface area contributed by atoms with E-state index in [0.29, 0.717) is 6.54 Å². The van der Waals surface area contributed by atoms with Crippen LogP contribution in [0.2, 0.25) is 0 Å². The summed E-state index contributed by atoms with van der Waals surface area (Å²) < 4.78 is 10.9. The van der Waals surface area contributed by atoms with Crippen LogP contribution in [-0.4, -0.2) is 49.8 Å². The zero-order valence-electron chi connectivity index (χ0n) is 17.7. The number of aliphatic imine (C=N–C) groups is 1. The number of ether oxygens (including phenoxy) is 2. The van der Waals surface area contributed by atoms with Crippen LogP contribution in [0.1, 0.15) is 35.3 Å². The summed E-state index contributed by atoms with van der Waals surface area (Å²) in [7, 11) is 3.32. The van der Waals surface area contributed by atoms with Gasteiger partial charge in [0, 0.05) is 19.6 Å². The van der Waals surface area contributed by atoms with Crippen LogP contribution in [0.4, 0.5) is 0 Å². The molecule has 0 bridgehead atoms. The highest BCUT2D eigenvalue weighted by atomic mass is 16.5. The van der Waals surface area contributed by atoms with Crippen LogP contribution in [0.15, 0.2) is 41.4 Å². The fourth-order valence-corrected chi connectivity index (χ4v) is 3.56. The molecule has 0 aliphatic carbocycles. The lowest BCUT2D eigenvalue weighted by molar-refractivity contribution is 0.186. The molecule has 1 aliphatic rings. The quantitative estimate of drug-likeness (QED) is 0.579. The number of aliphatic hydroxyl groups is 1. The molecule has 29 heavy (non-hydrogen) atoms. The van der Waals surface area contributed by atoms with E-state index in [0.717, 1.165) is 49.1 Å². The third-order valence-corrected chi connectivity index (χ3v) is 5.23. The molecule has 6 heteroatoms. The second-order valence-electron chi connectivity index (χ2n) is 7.27. The molecule has 0 radical (unpaired) electrons. The lowest BCUT2D eigenvalue weighted by atomic mass is 9.99. The summed E-state index contributed by atoms with van der Waals surface area (Å²) in [6.45, 7) is 6.78. The van der Waals surface area contributed by atoms with Gasteiger partial charge in [-0.3, -0.25) is 4.99 Å². The topological polar surface area (TPSA) is 66.3 Å². The van der Waals surface area contributed by atoms with Gasteiger partial charge in [-0.25, -0.2) is 0 Å². The van der Waals surface area contributed by atoms with Crippen LogP contribution in [-0.2, 0) is 13.0 Å². The SMILES string of the molecule is CCNC(=NCC(O)c1ccc(C)cc1)N1CCc2cc(OC)c(OC)cc2C1. The van der Waals surface area contributed by atoms with Crippen molar-refractivity contribution in [2.24, 2.45) is 4.99 Å². The molecule has 2 aromatic carbocycles. The Morgan fingerprint density at radius 3 is 2.41 bits per heavy atom. The number of hydrogen-bond acceptors (Lipinski definition) is 4. The Morgan fingerprint density at radius 2 is 1.79 bits per heavy atom. The van der Waals surface area contributed by atoms with E-state index < -0.39 is 6.10 Å². The molecule has 0 aromatic heterocycles. The van der Waals surface area contributed by atoms with Gasteiger partial charge in [0.1, 0.15) is 0 Å². The van der Waals surface area contributed by atoms with Crippen molar-refractivity contribution in [3.05, 3.63) is 58.7 Å². The van der Waals surface area contributed by atoms with Crippen LogP contribution in [0, 0.1) is 6.92 Å². The fourth-order valence-electron chi connectivity index (χ4n) is 3.56. The molecule has 1 atom stereocenters. The van der Waals surface area contributed by atoms with Crippen LogP contribution in [0.3, 0.4) is 0 Å². The van der Waals surface area contributed by atoms with Crippen LogP contribution < -0.4 is 14.8 Å². The number of fused-ring (bicyclic) bond motifs is 1. The minimum atomic E-state index is -0.620. The summed E-state index contributed by atoms with van der Waals surface area (Å²) in [6.07, 6.45) is 0.284. The van der Waals surface area contributed by atoms with Crippen molar-refractivity contribution in [2.75, 3.05) is 33.9 Å². The molecule has 0 saturated heterocycles. The van der Waals surface area contributed by atoms with Gasteiger partial charge in [0.2, 0.25) is 0 Å². The third kappa shape index (κ3) is 5.01. The van der Waals surface area contributed by atoms with Crippen molar-refractivity contribution in [2.45, 2.75) is 32.9 Å². The van der Waals surface area contributed by atoms with Gasteiger partial charge in [-0.15, -0.1) is 0 Å². The molecule has 0 fully saturated rings. The number of nitrogens with zero attached hydrogens (tertiary/aromatic N) is 2. The van der Waals surface area contributed by atoms with Crippen LogP contribution >= 0.6 is 0 Å². The van der Waals surface area contributed by atoms with Gasteiger partial charge in [0.05, 0.1) is 26.9 Å². The maximum absolute atomic E-state index is 10.5. The van der Waals surface area contributed by atoms with E-state index in [1.165, 1.54) is 16.7 Å². The van der Waals surface area contributed by atoms with Gasteiger partial charge < -0.3 is 24.8 Å². The van der Waals surface area contributed by atoms with Gasteiger partial charge in [-0.1, -0.05) is 29.8 Å². The largest absolute Gasteiger partial charge is 0.493 e. The van der Waals surface area contributed by atoms with Gasteiger partial charge in [-0.05, 0) is 49.1 Å². The van der Waals surface area contributed by atoms with E-state index in [1.54, 1.807) is 14.2 Å². The zero-order chi connectivity index (χ0) is 20.8. The molecule has 2 N–H and O–H groups in total. The Kier molecular flexibility index (Phi) is 6.99. The van der Waals surface area contributed by atoms with E-state index in [1.807, 2.05) is 37.3 Å². The predicted molar refractivity (Wildman–Crippen MR) is 116 cm³/mol. The van der Waals surface area contributed by atoms with Gasteiger partial charge >= 0.3 is 0 Å². The average Bonchev–Trinajstić information content (AvgIpc) is 2.75. The van der Waals surface area contributed by atoms with Crippen molar-refractivity contribution in [3.8, 4) is 11.5 Å². The van der Waals surface area contributed by atoms with Crippen molar-refractivity contribution >= 4 is 5.96 Å². The van der Waals surface area contributed by atoms with E-state index >= 15 is 0 Å². The molecule has 1 aliphatic heterocycles. The summed E-state index contributed by atoms with van der Waals surface area (Å²) in [4.78, 5) is 6.93. The predicted octanol–water partition coefficient (Wildman–Crippen LogP) is 3.07. The van der Waals surface area contributed by atoms with Gasteiger partial charge in [-0.2, -0.15) is 0 Å². The Labute approximate surface area is 173 Å². The molecule has 156 valence electrons. The standard InChI is InChI=1S/C23H31N3O3/c1-5-24-23(25-14-20(27)17-8-6-16(2)7-9-17)26-11-10-18-12-21(28-3)22(29-4)13-19(18)15-26/h6-9,12-13,20,27H,5,10-11,14-15H2,1-4H3,(H,24,25).